The number of piperazine rings is 1. The van der Waals surface area contributed by atoms with Crippen LogP contribution in [0, 0.1) is 5.82 Å². The zero-order valence-corrected chi connectivity index (χ0v) is 17.1. The van der Waals surface area contributed by atoms with Gasteiger partial charge in [-0.1, -0.05) is 24.3 Å². The highest BCUT2D eigenvalue weighted by molar-refractivity contribution is 7.89. The number of benzene rings is 2. The molecule has 1 saturated heterocycles. The highest BCUT2D eigenvalue weighted by atomic mass is 32.2. The van der Waals surface area contributed by atoms with E-state index in [2.05, 4.69) is 5.32 Å². The number of carbonyl (C=O) groups is 2. The molecule has 0 radical (unpaired) electrons. The summed E-state index contributed by atoms with van der Waals surface area (Å²) in [6, 6.07) is 11.8. The average Bonchev–Trinajstić information content (AvgIpc) is 2.74. The van der Waals surface area contributed by atoms with E-state index in [1.807, 2.05) is 6.07 Å². The van der Waals surface area contributed by atoms with Crippen molar-refractivity contribution in [1.29, 1.82) is 0 Å². The first-order chi connectivity index (χ1) is 14.3. The molecule has 0 saturated carbocycles. The summed E-state index contributed by atoms with van der Waals surface area (Å²) in [5.74, 6) is -1.30. The van der Waals surface area contributed by atoms with Crippen molar-refractivity contribution >= 4 is 22.0 Å². The molecule has 3 rings (SSSR count). The van der Waals surface area contributed by atoms with E-state index in [9.17, 15) is 22.4 Å². The summed E-state index contributed by atoms with van der Waals surface area (Å²) in [6.07, 6.45) is 0.522. The molecule has 0 unspecified atom stereocenters. The number of rotatable bonds is 6. The SMILES string of the molecule is NC(=O)c1cccc(CCNC(=O)N2CCN(S(=O)(=O)c3ccccc3F)CC2)c1. The molecule has 0 bridgehead atoms. The van der Waals surface area contributed by atoms with Crippen LogP contribution in [0.5, 0.6) is 0 Å². The summed E-state index contributed by atoms with van der Waals surface area (Å²) in [5.41, 5.74) is 6.54. The number of hydrogen-bond acceptors (Lipinski definition) is 4. The molecule has 8 nitrogen and oxygen atoms in total. The van der Waals surface area contributed by atoms with Crippen LogP contribution in [0.4, 0.5) is 9.18 Å². The summed E-state index contributed by atoms with van der Waals surface area (Å²) in [5, 5.41) is 2.79. The van der Waals surface area contributed by atoms with Crippen molar-refractivity contribution in [3.05, 3.63) is 65.5 Å². The predicted molar refractivity (Wildman–Crippen MR) is 109 cm³/mol. The molecule has 160 valence electrons. The second-order valence-corrected chi connectivity index (χ2v) is 8.77. The quantitative estimate of drug-likeness (QED) is 0.711. The Kier molecular flexibility index (Phi) is 6.68. The van der Waals surface area contributed by atoms with Crippen LogP contribution in [0.3, 0.4) is 0 Å². The van der Waals surface area contributed by atoms with Gasteiger partial charge >= 0.3 is 6.03 Å². The first-order valence-corrected chi connectivity index (χ1v) is 10.9. The minimum Gasteiger partial charge on any atom is -0.366 e. The number of nitrogens with two attached hydrogens (primary N) is 1. The number of sulfonamides is 1. The van der Waals surface area contributed by atoms with Gasteiger partial charge in [0.25, 0.3) is 0 Å². The highest BCUT2D eigenvalue weighted by Gasteiger charge is 2.31. The number of nitrogens with one attached hydrogen (secondary N) is 1. The van der Waals surface area contributed by atoms with E-state index >= 15 is 0 Å². The smallest absolute Gasteiger partial charge is 0.317 e. The van der Waals surface area contributed by atoms with E-state index in [0.717, 1.165) is 11.6 Å². The molecule has 0 spiro atoms. The largest absolute Gasteiger partial charge is 0.366 e. The molecular formula is C20H23FN4O4S. The van der Waals surface area contributed by atoms with Crippen molar-refractivity contribution in [1.82, 2.24) is 14.5 Å². The van der Waals surface area contributed by atoms with Gasteiger partial charge in [0.1, 0.15) is 10.7 Å². The third-order valence-corrected chi connectivity index (χ3v) is 6.81. The monoisotopic (exact) mass is 434 g/mol. The zero-order chi connectivity index (χ0) is 21.7. The molecule has 1 heterocycles. The fraction of sp³-hybridized carbons (Fsp3) is 0.300. The molecule has 30 heavy (non-hydrogen) atoms. The van der Waals surface area contributed by atoms with E-state index in [4.69, 9.17) is 5.73 Å². The van der Waals surface area contributed by atoms with Gasteiger partial charge in [0.05, 0.1) is 0 Å². The number of primary amides is 1. The Balaban J connectivity index is 1.50. The summed E-state index contributed by atoms with van der Waals surface area (Å²) in [7, 11) is -3.94. The number of halogens is 1. The van der Waals surface area contributed by atoms with Gasteiger partial charge in [-0.15, -0.1) is 0 Å². The summed E-state index contributed by atoms with van der Waals surface area (Å²) < 4.78 is 40.3. The topological polar surface area (TPSA) is 113 Å². The Bertz CT molecular complexity index is 1040. The van der Waals surface area contributed by atoms with E-state index in [0.29, 0.717) is 18.5 Å². The van der Waals surface area contributed by atoms with Crippen LogP contribution >= 0.6 is 0 Å². The molecule has 0 aliphatic carbocycles. The maximum absolute atomic E-state index is 13.9. The van der Waals surface area contributed by atoms with Crippen LogP contribution < -0.4 is 11.1 Å². The fourth-order valence-corrected chi connectivity index (χ4v) is 4.72. The van der Waals surface area contributed by atoms with E-state index in [-0.39, 0.29) is 37.1 Å². The Hall–Kier alpha value is -2.98. The molecule has 1 aliphatic rings. The second kappa shape index (κ2) is 9.23. The normalized spacial score (nSPS) is 15.0. The van der Waals surface area contributed by atoms with Crippen molar-refractivity contribution in [2.75, 3.05) is 32.7 Å². The highest BCUT2D eigenvalue weighted by Crippen LogP contribution is 2.20. The van der Waals surface area contributed by atoms with Crippen molar-refractivity contribution < 1.29 is 22.4 Å². The average molecular weight is 434 g/mol. The van der Waals surface area contributed by atoms with Gasteiger partial charge in [-0.25, -0.2) is 17.6 Å². The van der Waals surface area contributed by atoms with Crippen LogP contribution in [0.1, 0.15) is 15.9 Å². The molecule has 1 aliphatic heterocycles. The molecule has 2 aromatic rings. The zero-order valence-electron chi connectivity index (χ0n) is 16.3. The minimum atomic E-state index is -3.94. The Morgan fingerprint density at radius 3 is 2.40 bits per heavy atom. The number of urea groups is 1. The van der Waals surface area contributed by atoms with Crippen LogP contribution in [-0.2, 0) is 16.4 Å². The second-order valence-electron chi connectivity index (χ2n) is 6.87. The Morgan fingerprint density at radius 1 is 1.03 bits per heavy atom. The lowest BCUT2D eigenvalue weighted by Crippen LogP contribution is -2.53. The van der Waals surface area contributed by atoms with Gasteiger partial charge in [0, 0.05) is 38.3 Å². The van der Waals surface area contributed by atoms with Crippen LogP contribution in [0.25, 0.3) is 0 Å². The lowest BCUT2D eigenvalue weighted by Gasteiger charge is -2.34. The van der Waals surface area contributed by atoms with Gasteiger partial charge in [-0.3, -0.25) is 4.79 Å². The maximum Gasteiger partial charge on any atom is 0.317 e. The lowest BCUT2D eigenvalue weighted by atomic mass is 10.1. The first-order valence-electron chi connectivity index (χ1n) is 9.45. The molecule has 10 heteroatoms. The van der Waals surface area contributed by atoms with E-state index in [1.54, 1.807) is 18.2 Å². The Labute approximate surface area is 174 Å². The van der Waals surface area contributed by atoms with E-state index in [1.165, 1.54) is 27.4 Å². The third-order valence-electron chi connectivity index (χ3n) is 4.88. The lowest BCUT2D eigenvalue weighted by molar-refractivity contribution is 0.1000. The standard InChI is InChI=1S/C20H23FN4O4S/c21-17-6-1-2-7-18(17)30(28,29)25-12-10-24(11-13-25)20(27)23-9-8-15-4-3-5-16(14-15)19(22)26/h1-7,14H,8-13H2,(H2,22,26)(H,23,27). The van der Waals surface area contributed by atoms with Crippen LogP contribution in [0.2, 0.25) is 0 Å². The summed E-state index contributed by atoms with van der Waals surface area (Å²) >= 11 is 0. The van der Waals surface area contributed by atoms with Crippen molar-refractivity contribution in [3.8, 4) is 0 Å². The Morgan fingerprint density at radius 2 is 1.73 bits per heavy atom. The number of nitrogens with zero attached hydrogens (tertiary/aromatic N) is 2. The van der Waals surface area contributed by atoms with Gasteiger partial charge in [-0.2, -0.15) is 4.31 Å². The van der Waals surface area contributed by atoms with Crippen molar-refractivity contribution in [3.63, 3.8) is 0 Å². The van der Waals surface area contributed by atoms with Gasteiger partial charge < -0.3 is 16.0 Å². The molecule has 3 N–H and O–H groups in total. The van der Waals surface area contributed by atoms with Crippen molar-refractivity contribution in [2.45, 2.75) is 11.3 Å². The molecule has 0 atom stereocenters. The fourth-order valence-electron chi connectivity index (χ4n) is 3.23. The predicted octanol–water partition coefficient (Wildman–Crippen LogP) is 1.18. The molecular weight excluding hydrogens is 411 g/mol. The number of carbonyl (C=O) groups excluding carboxylic acids is 2. The summed E-state index contributed by atoms with van der Waals surface area (Å²) in [6.45, 7) is 0.942. The molecule has 3 amide bonds. The van der Waals surface area contributed by atoms with Crippen LogP contribution in [0.15, 0.2) is 53.4 Å². The molecule has 2 aromatic carbocycles. The van der Waals surface area contributed by atoms with E-state index < -0.39 is 21.7 Å². The number of amides is 3. The molecule has 1 fully saturated rings. The number of hydrogen-bond donors (Lipinski definition) is 2. The van der Waals surface area contributed by atoms with Crippen molar-refractivity contribution in [2.24, 2.45) is 5.73 Å². The maximum atomic E-state index is 13.9. The third kappa shape index (κ3) is 4.95. The van der Waals surface area contributed by atoms with Crippen LogP contribution in [-0.4, -0.2) is 62.3 Å². The van der Waals surface area contributed by atoms with Gasteiger partial charge in [-0.05, 0) is 36.2 Å². The van der Waals surface area contributed by atoms with Gasteiger partial charge in [0.15, 0.2) is 0 Å². The van der Waals surface area contributed by atoms with Gasteiger partial charge in [0.2, 0.25) is 15.9 Å². The first kappa shape index (κ1) is 21.7. The molecule has 0 aromatic heterocycles. The summed E-state index contributed by atoms with van der Waals surface area (Å²) in [4.78, 5) is 24.7. The minimum absolute atomic E-state index is 0.0880.